The van der Waals surface area contributed by atoms with Crippen LogP contribution >= 0.6 is 0 Å². The van der Waals surface area contributed by atoms with Gasteiger partial charge in [0, 0.05) is 5.69 Å². The van der Waals surface area contributed by atoms with Gasteiger partial charge in [-0.3, -0.25) is 0 Å². The Labute approximate surface area is 122 Å². The van der Waals surface area contributed by atoms with Crippen molar-refractivity contribution < 1.29 is 0 Å². The fraction of sp³-hybridized carbons (Fsp3) is 0.471. The van der Waals surface area contributed by atoms with Gasteiger partial charge in [0.05, 0.1) is 24.1 Å². The maximum absolute atomic E-state index is 4.42. The fourth-order valence-corrected chi connectivity index (χ4v) is 2.65. The topological polar surface area (TPSA) is 29.9 Å². The van der Waals surface area contributed by atoms with Crippen LogP contribution in [0.5, 0.6) is 0 Å². The predicted octanol–water partition coefficient (Wildman–Crippen LogP) is 3.72. The minimum Gasteiger partial charge on any atom is -0.330 e. The van der Waals surface area contributed by atoms with E-state index in [4.69, 9.17) is 0 Å². The average Bonchev–Trinajstić information content (AvgIpc) is 2.77. The van der Waals surface area contributed by atoms with Gasteiger partial charge in [-0.25, -0.2) is 4.98 Å². The molecule has 0 aliphatic rings. The number of hydrogen-bond donors (Lipinski definition) is 1. The van der Waals surface area contributed by atoms with Crippen LogP contribution in [0.15, 0.2) is 30.6 Å². The van der Waals surface area contributed by atoms with E-state index < -0.39 is 0 Å². The molecule has 1 N–H and O–H groups in total. The molecule has 0 saturated carbocycles. The first-order valence-electron chi connectivity index (χ1n) is 7.34. The summed E-state index contributed by atoms with van der Waals surface area (Å²) in [6, 6.07) is 9.43. The van der Waals surface area contributed by atoms with E-state index in [1.54, 1.807) is 0 Å². The SMILES string of the molecule is CCNC(c1ccc(C)cc1)C(C)n1cnc(C)c1C. The van der Waals surface area contributed by atoms with Crippen LogP contribution in [0.1, 0.15) is 48.4 Å². The summed E-state index contributed by atoms with van der Waals surface area (Å²) in [5, 5.41) is 3.60. The van der Waals surface area contributed by atoms with Crippen molar-refractivity contribution in [3.8, 4) is 0 Å². The molecule has 0 saturated heterocycles. The van der Waals surface area contributed by atoms with E-state index in [1.165, 1.54) is 16.8 Å². The summed E-state index contributed by atoms with van der Waals surface area (Å²) in [6.45, 7) is 11.7. The van der Waals surface area contributed by atoms with Crippen molar-refractivity contribution in [1.82, 2.24) is 14.9 Å². The largest absolute Gasteiger partial charge is 0.330 e. The molecule has 0 amide bonds. The Morgan fingerprint density at radius 3 is 2.30 bits per heavy atom. The lowest BCUT2D eigenvalue weighted by atomic mass is 9.99. The molecule has 0 radical (unpaired) electrons. The first-order chi connectivity index (χ1) is 9.54. The standard InChI is InChI=1S/C17H25N3/c1-6-18-17(16-9-7-12(2)8-10-16)15(5)20-11-19-13(3)14(20)4/h7-11,15,17-18H,6H2,1-5H3. The highest BCUT2D eigenvalue weighted by molar-refractivity contribution is 5.25. The van der Waals surface area contributed by atoms with Crippen molar-refractivity contribution in [3.63, 3.8) is 0 Å². The Kier molecular flexibility index (Phi) is 4.61. The fourth-order valence-electron chi connectivity index (χ4n) is 2.65. The second kappa shape index (κ2) is 6.23. The summed E-state index contributed by atoms with van der Waals surface area (Å²) in [6.07, 6.45) is 1.95. The molecule has 0 spiro atoms. The van der Waals surface area contributed by atoms with Crippen LogP contribution in [0.25, 0.3) is 0 Å². The monoisotopic (exact) mass is 271 g/mol. The maximum atomic E-state index is 4.42. The van der Waals surface area contributed by atoms with Gasteiger partial charge in [0.25, 0.3) is 0 Å². The lowest BCUT2D eigenvalue weighted by molar-refractivity contribution is 0.380. The summed E-state index contributed by atoms with van der Waals surface area (Å²) in [7, 11) is 0. The highest BCUT2D eigenvalue weighted by atomic mass is 15.1. The molecule has 3 heteroatoms. The lowest BCUT2D eigenvalue weighted by Crippen LogP contribution is -2.29. The Morgan fingerprint density at radius 2 is 1.80 bits per heavy atom. The third-order valence-corrected chi connectivity index (χ3v) is 4.07. The Bertz CT molecular complexity index is 554. The molecule has 0 aliphatic carbocycles. The summed E-state index contributed by atoms with van der Waals surface area (Å²) in [4.78, 5) is 4.42. The molecule has 1 aromatic carbocycles. The molecular weight excluding hydrogens is 246 g/mol. The molecule has 2 atom stereocenters. The minimum atomic E-state index is 0.299. The highest BCUT2D eigenvalue weighted by Crippen LogP contribution is 2.28. The first kappa shape index (κ1) is 14.8. The molecule has 3 nitrogen and oxygen atoms in total. The van der Waals surface area contributed by atoms with Crippen LogP contribution in [-0.4, -0.2) is 16.1 Å². The van der Waals surface area contributed by atoms with Crippen LogP contribution in [0.4, 0.5) is 0 Å². The van der Waals surface area contributed by atoms with E-state index in [0.717, 1.165) is 12.2 Å². The second-order valence-electron chi connectivity index (χ2n) is 5.51. The Balaban J connectivity index is 2.32. The lowest BCUT2D eigenvalue weighted by Gasteiger charge is -2.27. The summed E-state index contributed by atoms with van der Waals surface area (Å²) in [5.41, 5.74) is 4.98. The molecule has 0 aliphatic heterocycles. The number of aromatic nitrogens is 2. The molecule has 108 valence electrons. The van der Waals surface area contributed by atoms with Crippen molar-refractivity contribution in [3.05, 3.63) is 53.1 Å². The molecule has 1 heterocycles. The molecule has 0 fully saturated rings. The van der Waals surface area contributed by atoms with E-state index in [0.29, 0.717) is 12.1 Å². The molecule has 2 unspecified atom stereocenters. The van der Waals surface area contributed by atoms with Gasteiger partial charge in [-0.15, -0.1) is 0 Å². The molecular formula is C17H25N3. The van der Waals surface area contributed by atoms with Gasteiger partial charge in [0.15, 0.2) is 0 Å². The number of rotatable bonds is 5. The smallest absolute Gasteiger partial charge is 0.0954 e. The summed E-state index contributed by atoms with van der Waals surface area (Å²) >= 11 is 0. The molecule has 2 aromatic rings. The van der Waals surface area contributed by atoms with Gasteiger partial charge in [-0.05, 0) is 39.8 Å². The number of aryl methyl sites for hydroxylation is 2. The van der Waals surface area contributed by atoms with Gasteiger partial charge in [-0.1, -0.05) is 36.8 Å². The zero-order valence-corrected chi connectivity index (χ0v) is 13.1. The number of imidazole rings is 1. The van der Waals surface area contributed by atoms with Crippen LogP contribution < -0.4 is 5.32 Å². The second-order valence-corrected chi connectivity index (χ2v) is 5.51. The van der Waals surface area contributed by atoms with E-state index in [1.807, 2.05) is 6.33 Å². The predicted molar refractivity (Wildman–Crippen MR) is 84.0 cm³/mol. The van der Waals surface area contributed by atoms with Gasteiger partial charge >= 0.3 is 0 Å². The summed E-state index contributed by atoms with van der Waals surface area (Å²) < 4.78 is 2.27. The maximum Gasteiger partial charge on any atom is 0.0954 e. The van der Waals surface area contributed by atoms with Crippen LogP contribution in [0.2, 0.25) is 0 Å². The van der Waals surface area contributed by atoms with E-state index in [-0.39, 0.29) is 0 Å². The third kappa shape index (κ3) is 2.93. The highest BCUT2D eigenvalue weighted by Gasteiger charge is 2.21. The first-order valence-corrected chi connectivity index (χ1v) is 7.34. The van der Waals surface area contributed by atoms with Crippen LogP contribution in [0.3, 0.4) is 0 Å². The number of nitrogens with one attached hydrogen (secondary N) is 1. The summed E-state index contributed by atoms with van der Waals surface area (Å²) in [5.74, 6) is 0. The van der Waals surface area contributed by atoms with Crippen molar-refractivity contribution >= 4 is 0 Å². The van der Waals surface area contributed by atoms with Crippen molar-refractivity contribution in [2.24, 2.45) is 0 Å². The quantitative estimate of drug-likeness (QED) is 0.898. The third-order valence-electron chi connectivity index (χ3n) is 4.07. The number of hydrogen-bond acceptors (Lipinski definition) is 2. The van der Waals surface area contributed by atoms with Crippen LogP contribution in [0, 0.1) is 20.8 Å². The Hall–Kier alpha value is -1.61. The zero-order valence-electron chi connectivity index (χ0n) is 13.1. The van der Waals surface area contributed by atoms with Gasteiger partial charge in [0.2, 0.25) is 0 Å². The number of likely N-dealkylation sites (N-methyl/N-ethyl adjacent to an activating group) is 1. The van der Waals surface area contributed by atoms with E-state index >= 15 is 0 Å². The molecule has 1 aromatic heterocycles. The molecule has 0 bridgehead atoms. The van der Waals surface area contributed by atoms with E-state index in [2.05, 4.69) is 73.8 Å². The van der Waals surface area contributed by atoms with Gasteiger partial charge in [-0.2, -0.15) is 0 Å². The van der Waals surface area contributed by atoms with E-state index in [9.17, 15) is 0 Å². The van der Waals surface area contributed by atoms with Crippen molar-refractivity contribution in [2.75, 3.05) is 6.54 Å². The molecule has 20 heavy (non-hydrogen) atoms. The number of benzene rings is 1. The average molecular weight is 271 g/mol. The van der Waals surface area contributed by atoms with Crippen LogP contribution in [-0.2, 0) is 0 Å². The van der Waals surface area contributed by atoms with Crippen molar-refractivity contribution in [1.29, 1.82) is 0 Å². The van der Waals surface area contributed by atoms with Gasteiger partial charge in [0.1, 0.15) is 0 Å². The normalized spacial score (nSPS) is 14.2. The minimum absolute atomic E-state index is 0.299. The zero-order chi connectivity index (χ0) is 14.7. The van der Waals surface area contributed by atoms with Crippen molar-refractivity contribution in [2.45, 2.75) is 46.7 Å². The number of nitrogens with zero attached hydrogens (tertiary/aromatic N) is 2. The molecule has 2 rings (SSSR count). The van der Waals surface area contributed by atoms with Gasteiger partial charge < -0.3 is 9.88 Å². The Morgan fingerprint density at radius 1 is 1.15 bits per heavy atom.